The molecule has 3 aliphatic heterocycles. The van der Waals surface area contributed by atoms with Gasteiger partial charge in [0.15, 0.2) is 5.82 Å². The number of morpholine rings is 1. The van der Waals surface area contributed by atoms with Crippen LogP contribution in [0.25, 0.3) is 11.4 Å². The third kappa shape index (κ3) is 5.51. The van der Waals surface area contributed by atoms with Crippen LogP contribution in [0.2, 0.25) is 0 Å². The van der Waals surface area contributed by atoms with Crippen molar-refractivity contribution in [2.24, 2.45) is 0 Å². The topological polar surface area (TPSA) is 85.9 Å². The lowest BCUT2D eigenvalue weighted by molar-refractivity contribution is 0.0921. The Labute approximate surface area is 225 Å². The van der Waals surface area contributed by atoms with Crippen LogP contribution in [0.3, 0.4) is 0 Å². The van der Waals surface area contributed by atoms with Crippen molar-refractivity contribution in [1.82, 2.24) is 25.1 Å². The van der Waals surface area contributed by atoms with Gasteiger partial charge in [-0.3, -0.25) is 4.90 Å². The van der Waals surface area contributed by atoms with E-state index in [9.17, 15) is 4.79 Å². The molecular weight excluding hydrogens is 478 g/mol. The van der Waals surface area contributed by atoms with Crippen molar-refractivity contribution in [2.75, 3.05) is 56.2 Å². The number of urea groups is 1. The number of ether oxygens (including phenoxy) is 1. The van der Waals surface area contributed by atoms with Crippen LogP contribution in [-0.4, -0.2) is 89.9 Å². The Morgan fingerprint density at radius 2 is 1.76 bits per heavy atom. The zero-order chi connectivity index (χ0) is 26.1. The summed E-state index contributed by atoms with van der Waals surface area (Å²) in [7, 11) is 0. The lowest BCUT2D eigenvalue weighted by Gasteiger charge is -2.42. The van der Waals surface area contributed by atoms with Crippen LogP contribution >= 0.6 is 0 Å². The van der Waals surface area contributed by atoms with Crippen LogP contribution < -0.4 is 15.5 Å². The summed E-state index contributed by atoms with van der Waals surface area (Å²) in [6, 6.07) is 9.44. The van der Waals surface area contributed by atoms with Crippen molar-refractivity contribution < 1.29 is 9.53 Å². The number of hydrogen-bond acceptors (Lipinski definition) is 7. The zero-order valence-corrected chi connectivity index (χ0v) is 22.8. The molecular formula is C29H41N7O2. The maximum absolute atomic E-state index is 11.9. The Hall–Kier alpha value is -2.75. The van der Waals surface area contributed by atoms with Gasteiger partial charge < -0.3 is 25.2 Å². The maximum atomic E-state index is 11.9. The normalized spacial score (nSPS) is 23.2. The summed E-state index contributed by atoms with van der Waals surface area (Å²) >= 11 is 0. The van der Waals surface area contributed by atoms with E-state index >= 15 is 0 Å². The first-order valence-corrected chi connectivity index (χ1v) is 14.5. The fourth-order valence-electron chi connectivity index (χ4n) is 6.25. The first-order valence-electron chi connectivity index (χ1n) is 14.5. The number of hydrogen-bond donors (Lipinski definition) is 2. The first-order chi connectivity index (χ1) is 18.6. The molecule has 2 aromatic rings. The number of carbonyl (C=O) groups is 1. The van der Waals surface area contributed by atoms with Gasteiger partial charge in [0.2, 0.25) is 0 Å². The quantitative estimate of drug-likeness (QED) is 0.604. The number of likely N-dealkylation sites (tertiary alicyclic amines) is 1. The molecule has 1 atom stereocenters. The second-order valence-corrected chi connectivity index (χ2v) is 11.2. The molecule has 0 spiro atoms. The monoisotopic (exact) mass is 519 g/mol. The molecule has 3 fully saturated rings. The van der Waals surface area contributed by atoms with Crippen molar-refractivity contribution in [1.29, 1.82) is 0 Å². The summed E-state index contributed by atoms with van der Waals surface area (Å²) in [6.45, 7) is 11.5. The van der Waals surface area contributed by atoms with Gasteiger partial charge >= 0.3 is 6.03 Å². The van der Waals surface area contributed by atoms with Crippen LogP contribution in [0.5, 0.6) is 0 Å². The third-order valence-corrected chi connectivity index (χ3v) is 8.53. The second kappa shape index (κ2) is 11.2. The Bertz CT molecular complexity index is 1130. The highest BCUT2D eigenvalue weighted by atomic mass is 16.5. The van der Waals surface area contributed by atoms with Crippen molar-refractivity contribution in [2.45, 2.75) is 70.6 Å². The lowest BCUT2D eigenvalue weighted by atomic mass is 9.97. The Morgan fingerprint density at radius 1 is 1.00 bits per heavy atom. The van der Waals surface area contributed by atoms with Gasteiger partial charge in [0, 0.05) is 55.1 Å². The van der Waals surface area contributed by atoms with Crippen molar-refractivity contribution in [3.05, 3.63) is 35.5 Å². The van der Waals surface area contributed by atoms with Crippen LogP contribution in [0.1, 0.15) is 50.8 Å². The molecule has 38 heavy (non-hydrogen) atoms. The number of fused-ring (bicyclic) bond motifs is 1. The molecule has 9 heteroatoms. The molecule has 4 aliphatic rings. The number of anilines is 2. The highest BCUT2D eigenvalue weighted by Crippen LogP contribution is 2.35. The molecule has 1 saturated carbocycles. The van der Waals surface area contributed by atoms with Crippen LogP contribution in [0.15, 0.2) is 24.3 Å². The number of piperidine rings is 1. The summed E-state index contributed by atoms with van der Waals surface area (Å²) < 4.78 is 5.74. The van der Waals surface area contributed by atoms with E-state index in [0.29, 0.717) is 12.6 Å². The molecule has 1 aliphatic carbocycles. The minimum Gasteiger partial charge on any atom is -0.377 e. The highest BCUT2D eigenvalue weighted by Gasteiger charge is 2.35. The van der Waals surface area contributed by atoms with Gasteiger partial charge in [-0.2, -0.15) is 0 Å². The third-order valence-electron chi connectivity index (χ3n) is 8.53. The van der Waals surface area contributed by atoms with Crippen LogP contribution in [-0.2, 0) is 17.7 Å². The zero-order valence-electron chi connectivity index (χ0n) is 22.8. The molecule has 0 bridgehead atoms. The molecule has 2 saturated heterocycles. The minimum absolute atomic E-state index is 0.197. The lowest BCUT2D eigenvalue weighted by Crippen LogP contribution is -2.48. The fraction of sp³-hybridized carbons (Fsp3) is 0.621. The maximum Gasteiger partial charge on any atom is 0.319 e. The number of nitrogens with zero attached hydrogens (tertiary/aromatic N) is 5. The molecule has 2 N–H and O–H groups in total. The smallest absolute Gasteiger partial charge is 0.319 e. The summed E-state index contributed by atoms with van der Waals surface area (Å²) in [5, 5.41) is 5.64. The van der Waals surface area contributed by atoms with Crippen molar-refractivity contribution >= 4 is 17.5 Å². The Morgan fingerprint density at radius 3 is 2.47 bits per heavy atom. The van der Waals surface area contributed by atoms with Crippen LogP contribution in [0.4, 0.5) is 16.3 Å². The van der Waals surface area contributed by atoms with E-state index in [4.69, 9.17) is 14.7 Å². The van der Waals surface area contributed by atoms with Gasteiger partial charge in [0.25, 0.3) is 0 Å². The number of benzene rings is 1. The molecule has 6 rings (SSSR count). The average molecular weight is 520 g/mol. The molecule has 4 heterocycles. The van der Waals surface area contributed by atoms with Crippen molar-refractivity contribution in [3.63, 3.8) is 0 Å². The van der Waals surface area contributed by atoms with Gasteiger partial charge in [0.05, 0.1) is 24.9 Å². The largest absolute Gasteiger partial charge is 0.377 e. The number of carbonyl (C=O) groups excluding carboxylic acids is 1. The number of nitrogens with one attached hydrogen (secondary N) is 2. The molecule has 9 nitrogen and oxygen atoms in total. The molecule has 204 valence electrons. The number of amides is 2. The summed E-state index contributed by atoms with van der Waals surface area (Å²) in [5.74, 6) is 1.83. The Balaban J connectivity index is 1.26. The predicted molar refractivity (Wildman–Crippen MR) is 150 cm³/mol. The molecule has 2 amide bonds. The highest BCUT2D eigenvalue weighted by molar-refractivity contribution is 5.89. The summed E-state index contributed by atoms with van der Waals surface area (Å²) in [5.41, 5.74) is 4.20. The fourth-order valence-corrected chi connectivity index (χ4v) is 6.25. The predicted octanol–water partition coefficient (Wildman–Crippen LogP) is 3.50. The van der Waals surface area contributed by atoms with Crippen LogP contribution in [0, 0.1) is 0 Å². The summed E-state index contributed by atoms with van der Waals surface area (Å²) in [6.07, 6.45) is 6.31. The van der Waals surface area contributed by atoms with Gasteiger partial charge in [0.1, 0.15) is 5.82 Å². The standard InChI is InChI=1S/C29H41N7O2/c1-3-30-29(37)31-22-6-4-21(5-7-22)27-32-26-18-35(24-10-13-34(14-11-24)23-8-9-23)15-12-25(26)28(33-27)36-16-17-38-19-20(36)2/h4-7,20,23-24H,3,8-19H2,1-2H3,(H2,30,31,37). The summed E-state index contributed by atoms with van der Waals surface area (Å²) in [4.78, 5) is 30.0. The first kappa shape index (κ1) is 25.5. The van der Waals surface area contributed by atoms with E-state index in [2.05, 4.69) is 32.3 Å². The molecule has 1 unspecified atom stereocenters. The van der Waals surface area contributed by atoms with E-state index in [1.807, 2.05) is 31.2 Å². The van der Waals surface area contributed by atoms with Gasteiger partial charge in [-0.05, 0) is 83.3 Å². The van der Waals surface area contributed by atoms with Gasteiger partial charge in [-0.15, -0.1) is 0 Å². The molecule has 1 aromatic carbocycles. The number of aromatic nitrogens is 2. The van der Waals surface area contributed by atoms with E-state index in [-0.39, 0.29) is 12.1 Å². The number of rotatable bonds is 6. The minimum atomic E-state index is -0.197. The Kier molecular flexibility index (Phi) is 7.50. The SMILES string of the molecule is CCNC(=O)Nc1ccc(-c2nc3c(c(N4CCOCC4C)n2)CCN(C2CCN(C4CC4)CC2)C3)cc1. The van der Waals surface area contributed by atoms with Gasteiger partial charge in [-0.25, -0.2) is 14.8 Å². The van der Waals surface area contributed by atoms with Crippen molar-refractivity contribution in [3.8, 4) is 11.4 Å². The van der Waals surface area contributed by atoms with E-state index in [1.165, 1.54) is 50.0 Å². The van der Waals surface area contributed by atoms with E-state index in [1.54, 1.807) is 0 Å². The molecule has 0 radical (unpaired) electrons. The second-order valence-electron chi connectivity index (χ2n) is 11.2. The van der Waals surface area contributed by atoms with E-state index in [0.717, 1.165) is 68.2 Å². The van der Waals surface area contributed by atoms with E-state index < -0.39 is 0 Å². The molecule has 1 aromatic heterocycles. The van der Waals surface area contributed by atoms with Gasteiger partial charge in [-0.1, -0.05) is 0 Å². The average Bonchev–Trinajstić information content (AvgIpc) is 3.79.